The fraction of sp³-hybridized carbons (Fsp3) is 0.208. The topological polar surface area (TPSA) is 74.8 Å². The molecular weight excluding hydrogens is 392 g/mol. The molecule has 3 heterocycles. The zero-order chi connectivity index (χ0) is 21.2. The van der Waals surface area contributed by atoms with E-state index in [0.29, 0.717) is 36.6 Å². The Balaban J connectivity index is 1.47. The summed E-state index contributed by atoms with van der Waals surface area (Å²) < 4.78 is 6.24. The molecule has 3 amide bonds. The lowest BCUT2D eigenvalue weighted by Crippen LogP contribution is -2.49. The minimum Gasteiger partial charge on any atom is -0.486 e. The quantitative estimate of drug-likeness (QED) is 0.710. The average molecular weight is 414 g/mol. The van der Waals surface area contributed by atoms with Crippen LogP contribution in [0.15, 0.2) is 79.1 Å². The number of carbonyl (C=O) groups is 2. The number of hydrogen-bond acceptors (Lipinski definition) is 4. The molecule has 0 radical (unpaired) electrons. The minimum atomic E-state index is -0.598. The van der Waals surface area contributed by atoms with Gasteiger partial charge in [0.2, 0.25) is 5.91 Å². The van der Waals surface area contributed by atoms with Gasteiger partial charge in [0.05, 0.1) is 18.8 Å². The van der Waals surface area contributed by atoms with Gasteiger partial charge in [-0.3, -0.25) is 9.78 Å². The van der Waals surface area contributed by atoms with Gasteiger partial charge in [0.1, 0.15) is 17.9 Å². The van der Waals surface area contributed by atoms with E-state index in [1.807, 2.05) is 66.7 Å². The van der Waals surface area contributed by atoms with Crippen LogP contribution in [0.4, 0.5) is 16.2 Å². The van der Waals surface area contributed by atoms with E-state index in [9.17, 15) is 9.59 Å². The second kappa shape index (κ2) is 8.10. The Kier molecular flexibility index (Phi) is 5.00. The van der Waals surface area contributed by atoms with Crippen molar-refractivity contribution in [2.24, 2.45) is 0 Å². The monoisotopic (exact) mass is 414 g/mol. The number of rotatable bonds is 3. The maximum Gasteiger partial charge on any atom is 0.322 e. The smallest absolute Gasteiger partial charge is 0.322 e. The molecule has 2 unspecified atom stereocenters. The van der Waals surface area contributed by atoms with Crippen LogP contribution in [0.2, 0.25) is 0 Å². The summed E-state index contributed by atoms with van der Waals surface area (Å²) in [6.45, 7) is 0.701. The Bertz CT molecular complexity index is 1090. The van der Waals surface area contributed by atoms with Crippen LogP contribution in [0.1, 0.15) is 12.0 Å². The first-order chi connectivity index (χ1) is 15.2. The largest absolute Gasteiger partial charge is 0.486 e. The van der Waals surface area contributed by atoms with Crippen LogP contribution in [0, 0.1) is 0 Å². The third-order valence-electron chi connectivity index (χ3n) is 5.61. The summed E-state index contributed by atoms with van der Waals surface area (Å²) in [6.07, 6.45) is 3.66. The predicted molar refractivity (Wildman–Crippen MR) is 117 cm³/mol. The maximum absolute atomic E-state index is 13.7. The molecule has 2 aromatic carbocycles. The molecule has 2 bridgehead atoms. The summed E-state index contributed by atoms with van der Waals surface area (Å²) in [4.78, 5) is 34.2. The zero-order valence-corrected chi connectivity index (χ0v) is 16.8. The molecule has 0 saturated carbocycles. The van der Waals surface area contributed by atoms with Gasteiger partial charge in [-0.05, 0) is 35.9 Å². The van der Waals surface area contributed by atoms with Gasteiger partial charge < -0.3 is 19.9 Å². The zero-order valence-electron chi connectivity index (χ0n) is 16.8. The number of likely N-dealkylation sites (tertiary alicyclic amines) is 1. The van der Waals surface area contributed by atoms with Crippen LogP contribution in [-0.4, -0.2) is 40.5 Å². The standard InChI is InChI=1S/C24H22N4O3/c29-23-21-13-19(16-28(21)24(30)26-18-8-2-1-3-9-18)31-22-11-5-4-10-20(22)27(23)15-17-7-6-12-25-14-17/h1-12,14,19,21H,13,15-16H2,(H,26,30). The van der Waals surface area contributed by atoms with Crippen molar-refractivity contribution in [3.63, 3.8) is 0 Å². The number of amides is 3. The molecule has 1 N–H and O–H groups in total. The van der Waals surface area contributed by atoms with Gasteiger partial charge in [-0.25, -0.2) is 4.79 Å². The Labute approximate surface area is 180 Å². The third kappa shape index (κ3) is 3.82. The lowest BCUT2D eigenvalue weighted by molar-refractivity contribution is -0.122. The number of urea groups is 1. The fourth-order valence-electron chi connectivity index (χ4n) is 4.15. The van der Waals surface area contributed by atoms with Gasteiger partial charge in [0.15, 0.2) is 0 Å². The third-order valence-corrected chi connectivity index (χ3v) is 5.61. The molecule has 0 spiro atoms. The lowest BCUT2D eigenvalue weighted by Gasteiger charge is -2.31. The van der Waals surface area contributed by atoms with Crippen molar-refractivity contribution in [1.29, 1.82) is 0 Å². The maximum atomic E-state index is 13.7. The number of carbonyl (C=O) groups excluding carboxylic acids is 2. The number of para-hydroxylation sites is 3. The van der Waals surface area contributed by atoms with Crippen LogP contribution in [-0.2, 0) is 11.3 Å². The molecule has 3 aromatic rings. The normalized spacial score (nSPS) is 19.8. The highest BCUT2D eigenvalue weighted by atomic mass is 16.5. The van der Waals surface area contributed by atoms with E-state index in [-0.39, 0.29) is 18.0 Å². The second-order valence-electron chi connectivity index (χ2n) is 7.69. The SMILES string of the molecule is O=C1C2CC(CN2C(=O)Nc2ccccc2)Oc2ccccc2N1Cc1cccnc1. The molecule has 1 fully saturated rings. The average Bonchev–Trinajstić information content (AvgIpc) is 3.23. The molecule has 5 rings (SSSR count). The Morgan fingerprint density at radius 3 is 2.68 bits per heavy atom. The molecule has 156 valence electrons. The van der Waals surface area contributed by atoms with E-state index in [0.717, 1.165) is 5.56 Å². The number of nitrogens with zero attached hydrogens (tertiary/aromatic N) is 3. The molecule has 1 saturated heterocycles. The predicted octanol–water partition coefficient (Wildman–Crippen LogP) is 3.68. The minimum absolute atomic E-state index is 0.120. The van der Waals surface area contributed by atoms with Crippen molar-refractivity contribution in [2.45, 2.75) is 25.1 Å². The van der Waals surface area contributed by atoms with Gasteiger partial charge in [-0.15, -0.1) is 0 Å². The van der Waals surface area contributed by atoms with Crippen molar-refractivity contribution in [3.8, 4) is 5.75 Å². The molecular formula is C24H22N4O3. The highest BCUT2D eigenvalue weighted by Crippen LogP contribution is 2.37. The summed E-state index contributed by atoms with van der Waals surface area (Å²) in [5, 5.41) is 2.89. The molecule has 1 aromatic heterocycles. The molecule has 7 heteroatoms. The van der Waals surface area contributed by atoms with Crippen LogP contribution < -0.4 is 15.0 Å². The second-order valence-corrected chi connectivity index (χ2v) is 7.69. The number of aromatic nitrogens is 1. The number of ether oxygens (including phenoxy) is 1. The van der Waals surface area contributed by atoms with Gasteiger partial charge in [-0.2, -0.15) is 0 Å². The van der Waals surface area contributed by atoms with Crippen molar-refractivity contribution < 1.29 is 14.3 Å². The van der Waals surface area contributed by atoms with Crippen LogP contribution in [0.3, 0.4) is 0 Å². The van der Waals surface area contributed by atoms with Gasteiger partial charge >= 0.3 is 6.03 Å². The summed E-state index contributed by atoms with van der Waals surface area (Å²) >= 11 is 0. The Hall–Kier alpha value is -3.87. The van der Waals surface area contributed by atoms with E-state index in [4.69, 9.17) is 4.74 Å². The highest BCUT2D eigenvalue weighted by Gasteiger charge is 2.45. The summed E-state index contributed by atoms with van der Waals surface area (Å²) in [5.74, 6) is 0.527. The van der Waals surface area contributed by atoms with Crippen molar-refractivity contribution in [3.05, 3.63) is 84.7 Å². The summed E-state index contributed by atoms with van der Waals surface area (Å²) in [7, 11) is 0. The van der Waals surface area contributed by atoms with Crippen LogP contribution >= 0.6 is 0 Å². The summed E-state index contributed by atoms with van der Waals surface area (Å²) in [5.41, 5.74) is 2.30. The number of benzene rings is 2. The first kappa shape index (κ1) is 19.1. The Morgan fingerprint density at radius 2 is 1.87 bits per heavy atom. The van der Waals surface area contributed by atoms with Crippen LogP contribution in [0.5, 0.6) is 5.75 Å². The van der Waals surface area contributed by atoms with E-state index in [2.05, 4.69) is 10.3 Å². The van der Waals surface area contributed by atoms with Gasteiger partial charge in [0, 0.05) is 24.5 Å². The number of anilines is 2. The van der Waals surface area contributed by atoms with Crippen molar-refractivity contribution >= 4 is 23.3 Å². The highest BCUT2D eigenvalue weighted by molar-refractivity contribution is 6.02. The Morgan fingerprint density at radius 1 is 1.06 bits per heavy atom. The van der Waals surface area contributed by atoms with E-state index in [1.165, 1.54) is 0 Å². The fourth-order valence-corrected chi connectivity index (χ4v) is 4.15. The van der Waals surface area contributed by atoms with Crippen molar-refractivity contribution in [1.82, 2.24) is 9.88 Å². The number of pyridine rings is 1. The van der Waals surface area contributed by atoms with Crippen molar-refractivity contribution in [2.75, 3.05) is 16.8 Å². The van der Waals surface area contributed by atoms with E-state index < -0.39 is 6.04 Å². The van der Waals surface area contributed by atoms with Crippen LogP contribution in [0.25, 0.3) is 0 Å². The van der Waals surface area contributed by atoms with E-state index >= 15 is 0 Å². The van der Waals surface area contributed by atoms with Gasteiger partial charge in [0.25, 0.3) is 0 Å². The first-order valence-corrected chi connectivity index (χ1v) is 10.3. The molecule has 2 atom stereocenters. The number of nitrogens with one attached hydrogen (secondary N) is 1. The van der Waals surface area contributed by atoms with E-state index in [1.54, 1.807) is 22.2 Å². The lowest BCUT2D eigenvalue weighted by atomic mass is 10.1. The molecule has 7 nitrogen and oxygen atoms in total. The molecule has 2 aliphatic rings. The first-order valence-electron chi connectivity index (χ1n) is 10.3. The molecule has 2 aliphatic heterocycles. The number of hydrogen-bond donors (Lipinski definition) is 1. The number of fused-ring (bicyclic) bond motifs is 3. The summed E-state index contributed by atoms with van der Waals surface area (Å²) in [6, 6.07) is 19.6. The molecule has 31 heavy (non-hydrogen) atoms. The molecule has 0 aliphatic carbocycles. The van der Waals surface area contributed by atoms with Gasteiger partial charge in [-0.1, -0.05) is 36.4 Å².